The topological polar surface area (TPSA) is 64.6 Å². The van der Waals surface area contributed by atoms with Gasteiger partial charge < -0.3 is 9.47 Å². The van der Waals surface area contributed by atoms with Gasteiger partial charge in [0.25, 0.3) is 0 Å². The van der Waals surface area contributed by atoms with Crippen LogP contribution in [0.5, 0.6) is 11.5 Å². The van der Waals surface area contributed by atoms with E-state index in [1.54, 1.807) is 39.3 Å². The molecule has 1 aromatic carbocycles. The van der Waals surface area contributed by atoms with Gasteiger partial charge in [-0.2, -0.15) is 0 Å². The summed E-state index contributed by atoms with van der Waals surface area (Å²) in [6.07, 6.45) is 1.12. The van der Waals surface area contributed by atoms with E-state index in [4.69, 9.17) is 9.47 Å². The second-order valence-corrected chi connectivity index (χ2v) is 5.50. The van der Waals surface area contributed by atoms with E-state index >= 15 is 0 Å². The number of hydrogen-bond donors (Lipinski definition) is 1. The SMILES string of the molecule is COc1ccc(OC)c(C(C)NS(C)(=O)=O)c1. The molecular weight excluding hydrogens is 242 g/mol. The molecule has 0 aliphatic heterocycles. The molecule has 0 amide bonds. The summed E-state index contributed by atoms with van der Waals surface area (Å²) in [7, 11) is -0.166. The van der Waals surface area contributed by atoms with Gasteiger partial charge in [-0.15, -0.1) is 0 Å². The predicted octanol–water partition coefficient (Wildman–Crippen LogP) is 1.31. The lowest BCUT2D eigenvalue weighted by Crippen LogP contribution is -2.25. The van der Waals surface area contributed by atoms with Gasteiger partial charge in [0.05, 0.1) is 20.5 Å². The van der Waals surface area contributed by atoms with Crippen molar-refractivity contribution in [1.29, 1.82) is 0 Å². The average Bonchev–Trinajstić information content (AvgIpc) is 2.25. The standard InChI is InChI=1S/C11H17NO4S/c1-8(12-17(4,13)14)10-7-9(15-2)5-6-11(10)16-3/h5-8,12H,1-4H3. The van der Waals surface area contributed by atoms with Crippen LogP contribution in [-0.4, -0.2) is 28.9 Å². The molecule has 0 saturated heterocycles. The molecule has 0 aliphatic carbocycles. The number of nitrogens with one attached hydrogen (secondary N) is 1. The van der Waals surface area contributed by atoms with Gasteiger partial charge in [-0.1, -0.05) is 0 Å². The van der Waals surface area contributed by atoms with Gasteiger partial charge in [-0.05, 0) is 25.1 Å². The molecule has 1 unspecified atom stereocenters. The molecule has 0 saturated carbocycles. The highest BCUT2D eigenvalue weighted by atomic mass is 32.2. The van der Waals surface area contributed by atoms with Crippen LogP contribution in [0.15, 0.2) is 18.2 Å². The summed E-state index contributed by atoms with van der Waals surface area (Å²) in [6, 6.07) is 4.88. The van der Waals surface area contributed by atoms with Crippen LogP contribution in [0, 0.1) is 0 Å². The molecule has 0 aromatic heterocycles. The molecule has 1 rings (SSSR count). The van der Waals surface area contributed by atoms with Crippen molar-refractivity contribution in [3.63, 3.8) is 0 Å². The normalized spacial score (nSPS) is 13.2. The molecule has 0 aliphatic rings. The third kappa shape index (κ3) is 3.90. The Balaban J connectivity index is 3.09. The average molecular weight is 259 g/mol. The maximum Gasteiger partial charge on any atom is 0.209 e. The van der Waals surface area contributed by atoms with Crippen molar-refractivity contribution in [3.8, 4) is 11.5 Å². The lowest BCUT2D eigenvalue weighted by molar-refractivity contribution is 0.395. The van der Waals surface area contributed by atoms with Gasteiger partial charge in [0, 0.05) is 11.6 Å². The number of ether oxygens (including phenoxy) is 2. The Kier molecular flexibility index (Phi) is 4.36. The molecule has 6 heteroatoms. The first-order chi connectivity index (χ1) is 7.87. The summed E-state index contributed by atoms with van der Waals surface area (Å²) in [5.41, 5.74) is 0.734. The minimum Gasteiger partial charge on any atom is -0.497 e. The third-order valence-corrected chi connectivity index (χ3v) is 3.08. The van der Waals surface area contributed by atoms with Gasteiger partial charge >= 0.3 is 0 Å². The van der Waals surface area contributed by atoms with Crippen LogP contribution in [0.25, 0.3) is 0 Å². The monoisotopic (exact) mass is 259 g/mol. The Labute approximate surface area is 102 Å². The van der Waals surface area contributed by atoms with Crippen LogP contribution in [0.1, 0.15) is 18.5 Å². The summed E-state index contributed by atoms with van der Waals surface area (Å²) >= 11 is 0. The van der Waals surface area contributed by atoms with Crippen LogP contribution in [-0.2, 0) is 10.0 Å². The quantitative estimate of drug-likeness (QED) is 0.866. The molecule has 1 N–H and O–H groups in total. The van der Waals surface area contributed by atoms with E-state index in [0.717, 1.165) is 11.8 Å². The minimum atomic E-state index is -3.26. The van der Waals surface area contributed by atoms with Crippen molar-refractivity contribution in [1.82, 2.24) is 4.72 Å². The molecule has 5 nitrogen and oxygen atoms in total. The molecular formula is C11H17NO4S. The van der Waals surface area contributed by atoms with Crippen molar-refractivity contribution in [2.24, 2.45) is 0 Å². The molecule has 0 bridgehead atoms. The molecule has 0 spiro atoms. The van der Waals surface area contributed by atoms with E-state index in [0.29, 0.717) is 11.5 Å². The summed E-state index contributed by atoms with van der Waals surface area (Å²) in [5.74, 6) is 1.28. The molecule has 17 heavy (non-hydrogen) atoms. The van der Waals surface area contributed by atoms with Gasteiger partial charge in [0.1, 0.15) is 11.5 Å². The van der Waals surface area contributed by atoms with Gasteiger partial charge in [0.15, 0.2) is 0 Å². The first-order valence-corrected chi connectivity index (χ1v) is 6.95. The number of sulfonamides is 1. The van der Waals surface area contributed by atoms with E-state index < -0.39 is 10.0 Å². The largest absolute Gasteiger partial charge is 0.497 e. The number of methoxy groups -OCH3 is 2. The zero-order valence-corrected chi connectivity index (χ0v) is 11.2. The Hall–Kier alpha value is -1.27. The fraction of sp³-hybridized carbons (Fsp3) is 0.455. The van der Waals surface area contributed by atoms with Crippen LogP contribution >= 0.6 is 0 Å². The lowest BCUT2D eigenvalue weighted by Gasteiger charge is -2.17. The first-order valence-electron chi connectivity index (χ1n) is 5.06. The number of rotatable bonds is 5. The molecule has 0 heterocycles. The zero-order chi connectivity index (χ0) is 13.1. The maximum absolute atomic E-state index is 11.2. The number of benzene rings is 1. The summed E-state index contributed by atoms with van der Waals surface area (Å²) in [4.78, 5) is 0. The Morgan fingerprint density at radius 1 is 1.24 bits per heavy atom. The Bertz CT molecular complexity index is 484. The van der Waals surface area contributed by atoms with E-state index in [1.165, 1.54) is 0 Å². The highest BCUT2D eigenvalue weighted by Crippen LogP contribution is 2.29. The van der Waals surface area contributed by atoms with E-state index in [1.807, 2.05) is 0 Å². The molecule has 1 aromatic rings. The molecule has 1 atom stereocenters. The predicted molar refractivity (Wildman–Crippen MR) is 65.9 cm³/mol. The molecule has 0 fully saturated rings. The fourth-order valence-corrected chi connectivity index (χ4v) is 2.33. The Morgan fingerprint density at radius 2 is 1.88 bits per heavy atom. The van der Waals surface area contributed by atoms with Crippen molar-refractivity contribution in [2.75, 3.05) is 20.5 Å². The van der Waals surface area contributed by atoms with Crippen LogP contribution < -0.4 is 14.2 Å². The van der Waals surface area contributed by atoms with Gasteiger partial charge in [0.2, 0.25) is 10.0 Å². The van der Waals surface area contributed by atoms with Gasteiger partial charge in [-0.3, -0.25) is 0 Å². The first kappa shape index (κ1) is 13.8. The molecule has 0 radical (unpaired) electrons. The van der Waals surface area contributed by atoms with Crippen LogP contribution in [0.4, 0.5) is 0 Å². The zero-order valence-electron chi connectivity index (χ0n) is 10.4. The molecule has 96 valence electrons. The third-order valence-electron chi connectivity index (χ3n) is 2.29. The summed E-state index contributed by atoms with van der Waals surface area (Å²) in [5, 5.41) is 0. The highest BCUT2D eigenvalue weighted by molar-refractivity contribution is 7.88. The second kappa shape index (κ2) is 5.37. The lowest BCUT2D eigenvalue weighted by atomic mass is 10.1. The van der Waals surface area contributed by atoms with Crippen LogP contribution in [0.3, 0.4) is 0 Å². The van der Waals surface area contributed by atoms with Crippen molar-refractivity contribution in [3.05, 3.63) is 23.8 Å². The van der Waals surface area contributed by atoms with Crippen LogP contribution in [0.2, 0.25) is 0 Å². The highest BCUT2D eigenvalue weighted by Gasteiger charge is 2.16. The maximum atomic E-state index is 11.2. The summed E-state index contributed by atoms with van der Waals surface area (Å²) in [6.45, 7) is 1.75. The van der Waals surface area contributed by atoms with Crippen molar-refractivity contribution >= 4 is 10.0 Å². The van der Waals surface area contributed by atoms with Crippen molar-refractivity contribution < 1.29 is 17.9 Å². The summed E-state index contributed by atoms with van der Waals surface area (Å²) < 4.78 is 35.2. The minimum absolute atomic E-state index is 0.380. The van der Waals surface area contributed by atoms with E-state index in [2.05, 4.69) is 4.72 Å². The van der Waals surface area contributed by atoms with E-state index in [-0.39, 0.29) is 6.04 Å². The Morgan fingerprint density at radius 3 is 2.35 bits per heavy atom. The number of hydrogen-bond acceptors (Lipinski definition) is 4. The van der Waals surface area contributed by atoms with Crippen molar-refractivity contribution in [2.45, 2.75) is 13.0 Å². The second-order valence-electron chi connectivity index (χ2n) is 3.72. The van der Waals surface area contributed by atoms with E-state index in [9.17, 15) is 8.42 Å². The van der Waals surface area contributed by atoms with Gasteiger partial charge in [-0.25, -0.2) is 13.1 Å². The smallest absolute Gasteiger partial charge is 0.209 e. The fourth-order valence-electron chi connectivity index (χ4n) is 1.56.